The van der Waals surface area contributed by atoms with Gasteiger partial charge >= 0.3 is 0 Å². The Balaban J connectivity index is 1.69. The zero-order valence-electron chi connectivity index (χ0n) is 22.3. The number of hydrogen-bond donors (Lipinski definition) is 0. The number of hydrogen-bond acceptors (Lipinski definition) is 6. The first kappa shape index (κ1) is 27.5. The Morgan fingerprint density at radius 1 is 0.921 bits per heavy atom. The van der Waals surface area contributed by atoms with Gasteiger partial charge in [0.2, 0.25) is 0 Å². The van der Waals surface area contributed by atoms with Crippen LogP contribution in [-0.2, 0) is 16.4 Å². The number of anilines is 1. The molecule has 0 aliphatic carbocycles. The van der Waals surface area contributed by atoms with E-state index in [0.717, 1.165) is 31.3 Å². The summed E-state index contributed by atoms with van der Waals surface area (Å²) in [6.07, 6.45) is 5.52. The molecule has 4 rings (SSSR count). The normalized spacial score (nSPS) is 11.8. The molecule has 7 nitrogen and oxygen atoms in total. The minimum absolute atomic E-state index is 0.127. The molecule has 8 heteroatoms. The van der Waals surface area contributed by atoms with Crippen LogP contribution in [0.25, 0.3) is 11.0 Å². The Labute approximate surface area is 225 Å². The van der Waals surface area contributed by atoms with Crippen LogP contribution in [0.15, 0.2) is 82.4 Å². The van der Waals surface area contributed by atoms with Crippen LogP contribution in [0.1, 0.15) is 55.3 Å². The first-order valence-corrected chi connectivity index (χ1v) is 14.6. The van der Waals surface area contributed by atoms with Gasteiger partial charge in [0.15, 0.2) is 5.78 Å². The molecule has 2 aromatic carbocycles. The first-order valence-electron chi connectivity index (χ1n) is 13.2. The van der Waals surface area contributed by atoms with Crippen molar-refractivity contribution in [2.75, 3.05) is 30.5 Å². The number of rotatable bonds is 13. The van der Waals surface area contributed by atoms with Crippen molar-refractivity contribution < 1.29 is 17.6 Å². The molecule has 200 valence electrons. The number of carbonyl (C=O) groups is 1. The molecule has 2 aromatic heterocycles. The number of aryl methyl sites for hydroxylation is 1. The van der Waals surface area contributed by atoms with Gasteiger partial charge in [-0.05, 0) is 62.0 Å². The highest BCUT2D eigenvalue weighted by Crippen LogP contribution is 2.30. The van der Waals surface area contributed by atoms with Gasteiger partial charge in [0, 0.05) is 42.9 Å². The lowest BCUT2D eigenvalue weighted by Gasteiger charge is -2.27. The minimum atomic E-state index is -3.84. The third-order valence-corrected chi connectivity index (χ3v) is 8.62. The van der Waals surface area contributed by atoms with Crippen molar-refractivity contribution in [3.8, 4) is 0 Å². The molecular weight excluding hydrogens is 498 g/mol. The van der Waals surface area contributed by atoms with Crippen LogP contribution in [-0.4, -0.2) is 50.3 Å². The number of nitrogens with zero attached hydrogens (tertiary/aromatic N) is 3. The monoisotopic (exact) mass is 533 g/mol. The Hall–Kier alpha value is -3.49. The fraction of sp³-hybridized carbons (Fsp3) is 0.333. The second-order valence-electron chi connectivity index (χ2n) is 9.17. The highest BCUT2D eigenvalue weighted by Gasteiger charge is 2.27. The van der Waals surface area contributed by atoms with E-state index in [4.69, 9.17) is 4.42 Å². The number of para-hydroxylation sites is 1. The van der Waals surface area contributed by atoms with E-state index in [2.05, 4.69) is 30.7 Å². The van der Waals surface area contributed by atoms with Crippen molar-refractivity contribution in [2.45, 2.75) is 44.9 Å². The quantitative estimate of drug-likeness (QED) is 0.198. The molecule has 0 saturated carbocycles. The molecule has 0 radical (unpaired) electrons. The first-order chi connectivity index (χ1) is 18.4. The molecule has 0 aliphatic heterocycles. The van der Waals surface area contributed by atoms with Gasteiger partial charge in [-0.3, -0.25) is 14.1 Å². The fourth-order valence-electron chi connectivity index (χ4n) is 4.57. The summed E-state index contributed by atoms with van der Waals surface area (Å²) < 4.78 is 34.7. The zero-order chi connectivity index (χ0) is 27.1. The number of benzene rings is 2. The summed E-state index contributed by atoms with van der Waals surface area (Å²) in [5, 5.41) is 0.799. The molecule has 0 aliphatic rings. The van der Waals surface area contributed by atoms with Crippen molar-refractivity contribution in [1.29, 1.82) is 0 Å². The van der Waals surface area contributed by atoms with Crippen LogP contribution in [0.3, 0.4) is 0 Å². The average molecular weight is 534 g/mol. The molecule has 0 unspecified atom stereocenters. The lowest BCUT2D eigenvalue weighted by atomic mass is 9.98. The minimum Gasteiger partial charge on any atom is -0.460 e. The van der Waals surface area contributed by atoms with Gasteiger partial charge in [0.25, 0.3) is 10.0 Å². The van der Waals surface area contributed by atoms with E-state index >= 15 is 0 Å². The van der Waals surface area contributed by atoms with Gasteiger partial charge in [-0.25, -0.2) is 8.42 Å². The van der Waals surface area contributed by atoms with E-state index in [0.29, 0.717) is 41.1 Å². The number of unbranched alkanes of at least 4 members (excludes halogenated alkanes) is 1. The zero-order valence-corrected chi connectivity index (χ0v) is 23.1. The third kappa shape index (κ3) is 5.81. The standard InChI is InChI=1S/C30H35N3O4S/c1-4-7-13-28-29(26-12-8-9-14-27(26)37-28)30(34)23-15-17-24(18-16-23)33(21-20-32(5-2)6-3)38(35,36)25-11-10-19-31-22-25/h8-12,14-19,22H,4-7,13,20-21H2,1-3H3. The van der Waals surface area contributed by atoms with E-state index in [1.165, 1.54) is 10.5 Å². The second-order valence-corrected chi connectivity index (χ2v) is 11.0. The largest absolute Gasteiger partial charge is 0.460 e. The molecule has 0 amide bonds. The Morgan fingerprint density at radius 2 is 1.66 bits per heavy atom. The van der Waals surface area contributed by atoms with Gasteiger partial charge < -0.3 is 9.32 Å². The summed E-state index contributed by atoms with van der Waals surface area (Å²) in [5.41, 5.74) is 2.27. The summed E-state index contributed by atoms with van der Waals surface area (Å²) in [6.45, 7) is 8.72. The van der Waals surface area contributed by atoms with Crippen LogP contribution < -0.4 is 4.31 Å². The van der Waals surface area contributed by atoms with Crippen molar-refractivity contribution in [2.24, 2.45) is 0 Å². The number of fused-ring (bicyclic) bond motifs is 1. The molecule has 0 saturated heterocycles. The van der Waals surface area contributed by atoms with Gasteiger partial charge in [0.1, 0.15) is 16.2 Å². The topological polar surface area (TPSA) is 83.7 Å². The maximum Gasteiger partial charge on any atom is 0.265 e. The van der Waals surface area contributed by atoms with Crippen LogP contribution in [0.2, 0.25) is 0 Å². The number of ketones is 1. The molecule has 0 atom stereocenters. The average Bonchev–Trinajstić information content (AvgIpc) is 3.32. The molecule has 2 heterocycles. The van der Waals surface area contributed by atoms with E-state index in [-0.39, 0.29) is 17.2 Å². The van der Waals surface area contributed by atoms with Gasteiger partial charge in [0.05, 0.1) is 11.3 Å². The van der Waals surface area contributed by atoms with Gasteiger partial charge in [-0.2, -0.15) is 0 Å². The van der Waals surface area contributed by atoms with Gasteiger partial charge in [-0.1, -0.05) is 45.4 Å². The number of furan rings is 1. The Morgan fingerprint density at radius 3 is 2.32 bits per heavy atom. The summed E-state index contributed by atoms with van der Waals surface area (Å²) in [7, 11) is -3.84. The Bertz CT molecular complexity index is 1460. The van der Waals surface area contributed by atoms with E-state index in [9.17, 15) is 13.2 Å². The number of aromatic nitrogens is 1. The predicted octanol–water partition coefficient (Wildman–Crippen LogP) is 5.94. The van der Waals surface area contributed by atoms with Crippen LogP contribution in [0.4, 0.5) is 5.69 Å². The van der Waals surface area contributed by atoms with Gasteiger partial charge in [-0.15, -0.1) is 0 Å². The number of pyridine rings is 1. The molecular formula is C30H35N3O4S. The lowest BCUT2D eigenvalue weighted by molar-refractivity contribution is 0.103. The summed E-state index contributed by atoms with van der Waals surface area (Å²) in [6, 6.07) is 17.6. The SMILES string of the molecule is CCCCc1oc2ccccc2c1C(=O)c1ccc(N(CCN(CC)CC)S(=O)(=O)c2cccnc2)cc1. The van der Waals surface area contributed by atoms with Crippen LogP contribution in [0, 0.1) is 0 Å². The summed E-state index contributed by atoms with van der Waals surface area (Å²) >= 11 is 0. The molecule has 38 heavy (non-hydrogen) atoms. The Kier molecular flexibility index (Phi) is 8.97. The number of sulfonamides is 1. The summed E-state index contributed by atoms with van der Waals surface area (Å²) in [5.74, 6) is 0.569. The third-order valence-electron chi connectivity index (χ3n) is 6.81. The molecule has 0 fully saturated rings. The van der Waals surface area contributed by atoms with Crippen molar-refractivity contribution in [3.05, 3.63) is 89.9 Å². The fourth-order valence-corrected chi connectivity index (χ4v) is 5.99. The van der Waals surface area contributed by atoms with Crippen molar-refractivity contribution in [1.82, 2.24) is 9.88 Å². The van der Waals surface area contributed by atoms with E-state index < -0.39 is 10.0 Å². The molecule has 0 spiro atoms. The van der Waals surface area contributed by atoms with E-state index in [1.807, 2.05) is 24.3 Å². The maximum atomic E-state index is 13.7. The highest BCUT2D eigenvalue weighted by atomic mass is 32.2. The molecule has 0 bridgehead atoms. The number of likely N-dealkylation sites (N-methyl/N-ethyl adjacent to an activating group) is 1. The van der Waals surface area contributed by atoms with Crippen molar-refractivity contribution in [3.63, 3.8) is 0 Å². The highest BCUT2D eigenvalue weighted by molar-refractivity contribution is 7.92. The summed E-state index contributed by atoms with van der Waals surface area (Å²) in [4.78, 5) is 20.0. The van der Waals surface area contributed by atoms with Crippen molar-refractivity contribution >= 4 is 32.5 Å². The smallest absolute Gasteiger partial charge is 0.265 e. The maximum absolute atomic E-state index is 13.7. The molecule has 0 N–H and O–H groups in total. The van der Waals surface area contributed by atoms with Crippen LogP contribution in [0.5, 0.6) is 0 Å². The molecule has 4 aromatic rings. The van der Waals surface area contributed by atoms with Crippen LogP contribution >= 0.6 is 0 Å². The van der Waals surface area contributed by atoms with E-state index in [1.54, 1.807) is 42.6 Å². The second kappa shape index (κ2) is 12.4. The number of carbonyl (C=O) groups excluding carboxylic acids is 1. The predicted molar refractivity (Wildman–Crippen MR) is 151 cm³/mol. The lowest BCUT2D eigenvalue weighted by Crippen LogP contribution is -2.38.